The molecule has 1 aromatic carbocycles. The van der Waals surface area contributed by atoms with Gasteiger partial charge in [-0.05, 0) is 31.0 Å². The third kappa shape index (κ3) is 3.36. The van der Waals surface area contributed by atoms with Gasteiger partial charge in [-0.25, -0.2) is 0 Å². The van der Waals surface area contributed by atoms with Crippen molar-refractivity contribution in [2.75, 3.05) is 0 Å². The number of nitrogens with two attached hydrogens (primary N) is 1. The number of rotatable bonds is 2. The molecule has 2 rings (SSSR count). The van der Waals surface area contributed by atoms with Crippen molar-refractivity contribution in [2.45, 2.75) is 48.0 Å². The molecule has 1 fully saturated rings. The molecule has 19 heavy (non-hydrogen) atoms. The molecule has 6 heteroatoms. The third-order valence-corrected chi connectivity index (χ3v) is 5.28. The highest BCUT2D eigenvalue weighted by Crippen LogP contribution is 2.32. The Balaban J connectivity index is 2.24. The van der Waals surface area contributed by atoms with Crippen molar-refractivity contribution in [1.29, 1.82) is 0 Å². The lowest BCUT2D eigenvalue weighted by Gasteiger charge is -2.27. The van der Waals surface area contributed by atoms with Crippen LogP contribution in [0.4, 0.5) is 13.2 Å². The van der Waals surface area contributed by atoms with Crippen molar-refractivity contribution < 1.29 is 17.4 Å². The third-order valence-electron chi connectivity index (χ3n) is 3.42. The van der Waals surface area contributed by atoms with Gasteiger partial charge in [-0.1, -0.05) is 18.9 Å². The van der Waals surface area contributed by atoms with Crippen LogP contribution in [0.3, 0.4) is 0 Å². The van der Waals surface area contributed by atoms with Crippen LogP contribution < -0.4 is 5.73 Å². The summed E-state index contributed by atoms with van der Waals surface area (Å²) >= 11 is 0. The minimum atomic E-state index is -4.41. The Labute approximate surface area is 112 Å². The van der Waals surface area contributed by atoms with E-state index in [0.29, 0.717) is 6.42 Å². The van der Waals surface area contributed by atoms with Crippen LogP contribution in [0, 0.1) is 0 Å². The molecule has 2 N–H and O–H groups in total. The van der Waals surface area contributed by atoms with Gasteiger partial charge in [-0.2, -0.15) is 13.2 Å². The Bertz CT molecular complexity index is 475. The van der Waals surface area contributed by atoms with Crippen LogP contribution in [0.5, 0.6) is 0 Å². The van der Waals surface area contributed by atoms with E-state index in [1.807, 2.05) is 0 Å². The first-order valence-electron chi connectivity index (χ1n) is 6.23. The molecule has 0 bridgehead atoms. The maximum atomic E-state index is 12.6. The van der Waals surface area contributed by atoms with Gasteiger partial charge in [0.25, 0.3) is 0 Å². The second kappa shape index (κ2) is 5.63. The maximum Gasteiger partial charge on any atom is 0.416 e. The number of halogens is 3. The van der Waals surface area contributed by atoms with Gasteiger partial charge < -0.3 is 5.73 Å². The first kappa shape index (κ1) is 14.5. The van der Waals surface area contributed by atoms with Gasteiger partial charge in [-0.3, -0.25) is 4.21 Å². The van der Waals surface area contributed by atoms with Crippen LogP contribution in [0.15, 0.2) is 29.2 Å². The fraction of sp³-hybridized carbons (Fsp3) is 0.538. The summed E-state index contributed by atoms with van der Waals surface area (Å²) in [6, 6.07) is 4.54. The lowest BCUT2D eigenvalue weighted by atomic mass is 9.96. The number of hydrogen-bond acceptors (Lipinski definition) is 2. The summed E-state index contributed by atoms with van der Waals surface area (Å²) in [6.45, 7) is 0. The second-order valence-corrected chi connectivity index (χ2v) is 6.48. The van der Waals surface area contributed by atoms with Crippen molar-refractivity contribution in [1.82, 2.24) is 0 Å². The predicted molar refractivity (Wildman–Crippen MR) is 68.1 cm³/mol. The largest absolute Gasteiger partial charge is 0.416 e. The summed E-state index contributed by atoms with van der Waals surface area (Å²) in [5.41, 5.74) is 5.16. The van der Waals surface area contributed by atoms with Gasteiger partial charge in [0.15, 0.2) is 0 Å². The zero-order chi connectivity index (χ0) is 14.0. The van der Waals surface area contributed by atoms with E-state index in [2.05, 4.69) is 0 Å². The van der Waals surface area contributed by atoms with Gasteiger partial charge >= 0.3 is 6.18 Å². The highest BCUT2D eigenvalue weighted by atomic mass is 32.2. The summed E-state index contributed by atoms with van der Waals surface area (Å²) in [6.07, 6.45) is -0.977. The Morgan fingerprint density at radius 2 is 1.89 bits per heavy atom. The molecular formula is C13H16F3NOS. The lowest BCUT2D eigenvalue weighted by molar-refractivity contribution is -0.137. The molecule has 106 valence electrons. The maximum absolute atomic E-state index is 12.6. The van der Waals surface area contributed by atoms with Crippen molar-refractivity contribution in [2.24, 2.45) is 5.73 Å². The zero-order valence-electron chi connectivity index (χ0n) is 10.3. The van der Waals surface area contributed by atoms with E-state index in [4.69, 9.17) is 5.73 Å². The van der Waals surface area contributed by atoms with E-state index in [1.54, 1.807) is 0 Å². The minimum Gasteiger partial charge on any atom is -0.327 e. The van der Waals surface area contributed by atoms with Crippen LogP contribution in [-0.2, 0) is 17.0 Å². The molecule has 1 aliphatic rings. The molecule has 3 atom stereocenters. The predicted octanol–water partition coefficient (Wildman–Crippen LogP) is 3.08. The fourth-order valence-corrected chi connectivity index (χ4v) is 4.00. The van der Waals surface area contributed by atoms with Gasteiger partial charge in [0, 0.05) is 10.9 Å². The number of benzene rings is 1. The quantitative estimate of drug-likeness (QED) is 0.910. The van der Waals surface area contributed by atoms with Crippen molar-refractivity contribution in [3.05, 3.63) is 29.8 Å². The highest BCUT2D eigenvalue weighted by molar-refractivity contribution is 7.85. The van der Waals surface area contributed by atoms with Crippen molar-refractivity contribution in [3.8, 4) is 0 Å². The average Bonchev–Trinajstić information content (AvgIpc) is 2.38. The Morgan fingerprint density at radius 3 is 2.53 bits per heavy atom. The Hall–Kier alpha value is -0.880. The average molecular weight is 291 g/mol. The molecule has 1 aliphatic carbocycles. The fourth-order valence-electron chi connectivity index (χ4n) is 2.36. The molecular weight excluding hydrogens is 275 g/mol. The summed E-state index contributed by atoms with van der Waals surface area (Å²) in [7, 11) is -1.47. The first-order valence-corrected chi connectivity index (χ1v) is 7.44. The van der Waals surface area contributed by atoms with E-state index >= 15 is 0 Å². The van der Waals surface area contributed by atoms with Crippen molar-refractivity contribution >= 4 is 10.8 Å². The van der Waals surface area contributed by atoms with E-state index < -0.39 is 22.5 Å². The summed E-state index contributed by atoms with van der Waals surface area (Å²) in [5, 5.41) is -0.239. The zero-order valence-corrected chi connectivity index (χ0v) is 11.1. The topological polar surface area (TPSA) is 43.1 Å². The number of hydrogen-bond donors (Lipinski definition) is 1. The molecule has 0 aromatic heterocycles. The van der Waals surface area contributed by atoms with Crippen molar-refractivity contribution in [3.63, 3.8) is 0 Å². The van der Waals surface area contributed by atoms with Crippen LogP contribution in [0.2, 0.25) is 0 Å². The van der Waals surface area contributed by atoms with Crippen LogP contribution in [0.25, 0.3) is 0 Å². The smallest absolute Gasteiger partial charge is 0.327 e. The van der Waals surface area contributed by atoms with Crippen LogP contribution >= 0.6 is 0 Å². The summed E-state index contributed by atoms with van der Waals surface area (Å²) < 4.78 is 50.2. The normalized spacial score (nSPS) is 26.1. The number of alkyl halides is 3. The molecule has 0 aliphatic heterocycles. The first-order chi connectivity index (χ1) is 8.89. The summed E-state index contributed by atoms with van der Waals surface area (Å²) in [4.78, 5) is 0.220. The molecule has 2 nitrogen and oxygen atoms in total. The minimum absolute atomic E-state index is 0.191. The van der Waals surface area contributed by atoms with Gasteiger partial charge in [0.05, 0.1) is 21.6 Å². The van der Waals surface area contributed by atoms with E-state index in [-0.39, 0.29) is 16.2 Å². The van der Waals surface area contributed by atoms with Crippen LogP contribution in [-0.4, -0.2) is 15.5 Å². The second-order valence-electron chi connectivity index (χ2n) is 4.81. The lowest BCUT2D eigenvalue weighted by Crippen LogP contribution is -2.40. The Morgan fingerprint density at radius 1 is 1.21 bits per heavy atom. The van der Waals surface area contributed by atoms with Crippen LogP contribution in [0.1, 0.15) is 31.2 Å². The molecule has 0 spiro atoms. The van der Waals surface area contributed by atoms with Gasteiger partial charge in [-0.15, -0.1) is 0 Å². The molecule has 0 radical (unpaired) electrons. The molecule has 0 heterocycles. The molecule has 0 amide bonds. The summed E-state index contributed by atoms with van der Waals surface area (Å²) in [5.74, 6) is 0. The molecule has 1 aromatic rings. The molecule has 1 saturated carbocycles. The Kier molecular flexibility index (Phi) is 4.30. The van der Waals surface area contributed by atoms with Gasteiger partial charge in [0.1, 0.15) is 0 Å². The monoisotopic (exact) mass is 291 g/mol. The SMILES string of the molecule is NC1CCCCC1S(=O)c1cccc(C(F)(F)F)c1. The molecule has 3 unspecified atom stereocenters. The van der Waals surface area contributed by atoms with E-state index in [9.17, 15) is 17.4 Å². The standard InChI is InChI=1S/C13H16F3NOS/c14-13(15,16)9-4-3-5-10(8-9)19(18)12-7-2-1-6-11(12)17/h3-5,8,11-12H,1-2,6-7,17H2. The van der Waals surface area contributed by atoms with E-state index in [1.165, 1.54) is 12.1 Å². The highest BCUT2D eigenvalue weighted by Gasteiger charge is 2.32. The van der Waals surface area contributed by atoms with E-state index in [0.717, 1.165) is 31.4 Å². The van der Waals surface area contributed by atoms with Gasteiger partial charge in [0.2, 0.25) is 0 Å². The molecule has 0 saturated heterocycles.